The Balaban J connectivity index is 1.77. The fourth-order valence-corrected chi connectivity index (χ4v) is 6.68. The van der Waals surface area contributed by atoms with Gasteiger partial charge in [-0.05, 0) is 72.8 Å². The Morgan fingerprint density at radius 1 is 1.12 bits per heavy atom. The minimum Gasteiger partial charge on any atom is -0.392 e. The van der Waals surface area contributed by atoms with Crippen LogP contribution in [0, 0.1) is 28.6 Å². The molecule has 0 aromatic heterocycles. The van der Waals surface area contributed by atoms with Crippen molar-refractivity contribution < 1.29 is 14.7 Å². The van der Waals surface area contributed by atoms with Crippen LogP contribution in [0.25, 0.3) is 0 Å². The van der Waals surface area contributed by atoms with E-state index in [9.17, 15) is 14.7 Å². The maximum atomic E-state index is 12.6. The van der Waals surface area contributed by atoms with E-state index in [1.54, 1.807) is 0 Å². The lowest BCUT2D eigenvalue weighted by atomic mass is 9.46. The van der Waals surface area contributed by atoms with E-state index >= 15 is 0 Å². The van der Waals surface area contributed by atoms with Crippen LogP contribution in [0.5, 0.6) is 0 Å². The van der Waals surface area contributed by atoms with Crippen LogP contribution in [0.15, 0.2) is 23.3 Å². The molecule has 0 bridgehead atoms. The van der Waals surface area contributed by atoms with Crippen LogP contribution in [-0.2, 0) is 9.59 Å². The van der Waals surface area contributed by atoms with Gasteiger partial charge in [0, 0.05) is 12.8 Å². The van der Waals surface area contributed by atoms with Gasteiger partial charge < -0.3 is 5.11 Å². The van der Waals surface area contributed by atoms with Gasteiger partial charge in [-0.2, -0.15) is 0 Å². The summed E-state index contributed by atoms with van der Waals surface area (Å²) in [4.78, 5) is 24.4. The van der Waals surface area contributed by atoms with Crippen molar-refractivity contribution in [3.63, 3.8) is 0 Å². The molecule has 0 saturated heterocycles. The average molecular weight is 328 g/mol. The van der Waals surface area contributed by atoms with E-state index in [0.717, 1.165) is 30.4 Å². The van der Waals surface area contributed by atoms with Gasteiger partial charge in [0.1, 0.15) is 0 Å². The van der Waals surface area contributed by atoms with Crippen molar-refractivity contribution in [3.8, 4) is 0 Å². The number of carbonyl (C=O) groups excluding carboxylic acids is 2. The molecule has 4 rings (SSSR count). The Bertz CT molecular complexity index is 673. The fraction of sp³-hybridized carbons (Fsp3) is 0.714. The number of rotatable bonds is 0. The number of hydrogen-bond acceptors (Lipinski definition) is 3. The molecule has 3 heteroatoms. The lowest BCUT2D eigenvalue weighted by Crippen LogP contribution is -2.54. The summed E-state index contributed by atoms with van der Waals surface area (Å²) in [6.07, 6.45) is 8.18. The third kappa shape index (κ3) is 1.94. The summed E-state index contributed by atoms with van der Waals surface area (Å²) < 4.78 is 0. The van der Waals surface area contributed by atoms with E-state index in [2.05, 4.69) is 13.8 Å². The van der Waals surface area contributed by atoms with Gasteiger partial charge in [0.25, 0.3) is 0 Å². The second-order valence-corrected chi connectivity index (χ2v) is 8.90. The van der Waals surface area contributed by atoms with Crippen LogP contribution in [0.2, 0.25) is 0 Å². The third-order valence-electron chi connectivity index (χ3n) is 7.98. The normalized spacial score (nSPS) is 49.5. The molecule has 3 fully saturated rings. The largest absolute Gasteiger partial charge is 0.392 e. The summed E-state index contributed by atoms with van der Waals surface area (Å²) in [6.45, 7) is 6.50. The topological polar surface area (TPSA) is 54.4 Å². The van der Waals surface area contributed by atoms with Gasteiger partial charge in [0.15, 0.2) is 11.6 Å². The standard InChI is InChI=1S/C21H28O3/c1-4-14-17(23)11-16-19-15(6-8-21(14,16)3)20(2)7-5-13(22)9-12(20)10-18(19)24/h4,9,15-16,18-19,24H,5-8,10-11H2,1-3H3/b14-4+/t15-,16-,18-,19+,20-,21+/m0/s1. The predicted octanol–water partition coefficient (Wildman–Crippen LogP) is 3.61. The Morgan fingerprint density at radius 2 is 1.88 bits per heavy atom. The fourth-order valence-electron chi connectivity index (χ4n) is 6.68. The summed E-state index contributed by atoms with van der Waals surface area (Å²) in [7, 11) is 0. The molecule has 0 aliphatic heterocycles. The molecule has 0 aromatic carbocycles. The third-order valence-corrected chi connectivity index (χ3v) is 7.98. The van der Waals surface area contributed by atoms with Crippen LogP contribution >= 0.6 is 0 Å². The summed E-state index contributed by atoms with van der Waals surface area (Å²) in [6, 6.07) is 0. The molecule has 0 heterocycles. The summed E-state index contributed by atoms with van der Waals surface area (Å²) >= 11 is 0. The SMILES string of the molecule is C/C=C1\C(=O)C[C@H]2[C@@H]3[C@@H](O)CC4=CC(=O)CC[C@]4(C)[C@H]3CC[C@]12C. The first-order valence-corrected chi connectivity index (χ1v) is 9.43. The first-order valence-electron chi connectivity index (χ1n) is 9.43. The molecule has 0 amide bonds. The van der Waals surface area contributed by atoms with Crippen molar-refractivity contribution >= 4 is 11.6 Å². The van der Waals surface area contributed by atoms with Gasteiger partial charge in [-0.15, -0.1) is 0 Å². The van der Waals surface area contributed by atoms with Crippen molar-refractivity contribution in [1.82, 2.24) is 0 Å². The van der Waals surface area contributed by atoms with Gasteiger partial charge in [0.2, 0.25) is 0 Å². The van der Waals surface area contributed by atoms with Gasteiger partial charge in [-0.3, -0.25) is 9.59 Å². The molecule has 0 radical (unpaired) electrons. The molecule has 0 unspecified atom stereocenters. The van der Waals surface area contributed by atoms with Crippen molar-refractivity contribution in [2.75, 3.05) is 0 Å². The number of allylic oxidation sites excluding steroid dienone is 2. The molecule has 1 N–H and O–H groups in total. The number of ketones is 2. The van der Waals surface area contributed by atoms with Crippen molar-refractivity contribution in [3.05, 3.63) is 23.3 Å². The maximum absolute atomic E-state index is 12.6. The minimum absolute atomic E-state index is 0.0286. The van der Waals surface area contributed by atoms with E-state index in [-0.39, 0.29) is 34.2 Å². The van der Waals surface area contributed by atoms with Crippen LogP contribution in [0.3, 0.4) is 0 Å². The summed E-state index contributed by atoms with van der Waals surface area (Å²) in [5, 5.41) is 11.0. The van der Waals surface area contributed by atoms with E-state index in [1.165, 1.54) is 0 Å². The summed E-state index contributed by atoms with van der Waals surface area (Å²) in [5.41, 5.74) is 2.10. The molecule has 0 spiro atoms. The number of aliphatic hydroxyl groups is 1. The summed E-state index contributed by atoms with van der Waals surface area (Å²) in [5.74, 6) is 1.31. The van der Waals surface area contributed by atoms with E-state index < -0.39 is 6.10 Å². The predicted molar refractivity (Wildman–Crippen MR) is 92.2 cm³/mol. The average Bonchev–Trinajstić information content (AvgIpc) is 2.78. The molecule has 0 aromatic rings. The van der Waals surface area contributed by atoms with Crippen LogP contribution < -0.4 is 0 Å². The van der Waals surface area contributed by atoms with E-state index in [4.69, 9.17) is 0 Å². The minimum atomic E-state index is -0.422. The van der Waals surface area contributed by atoms with Crippen molar-refractivity contribution in [2.45, 2.75) is 65.4 Å². The van der Waals surface area contributed by atoms with Gasteiger partial charge in [-0.1, -0.05) is 25.5 Å². The Hall–Kier alpha value is -1.22. The smallest absolute Gasteiger partial charge is 0.159 e. The Kier molecular flexibility index (Phi) is 3.48. The van der Waals surface area contributed by atoms with Crippen LogP contribution in [0.4, 0.5) is 0 Å². The van der Waals surface area contributed by atoms with Crippen LogP contribution in [0.1, 0.15) is 59.3 Å². The molecule has 4 aliphatic carbocycles. The number of hydrogen-bond donors (Lipinski definition) is 1. The first kappa shape index (κ1) is 16.3. The highest BCUT2D eigenvalue weighted by Crippen LogP contribution is 2.65. The van der Waals surface area contributed by atoms with Crippen LogP contribution in [-0.4, -0.2) is 22.8 Å². The Labute approximate surface area is 144 Å². The zero-order valence-corrected chi connectivity index (χ0v) is 15.0. The molecule has 6 atom stereocenters. The van der Waals surface area contributed by atoms with Gasteiger partial charge in [0.05, 0.1) is 6.10 Å². The number of carbonyl (C=O) groups is 2. The number of aliphatic hydroxyl groups excluding tert-OH is 1. The number of Topliss-reactive ketones (excluding diaryl/α,β-unsaturated/α-hetero) is 1. The molecule has 4 aliphatic rings. The number of fused-ring (bicyclic) bond motifs is 5. The zero-order valence-electron chi connectivity index (χ0n) is 15.0. The van der Waals surface area contributed by atoms with Crippen molar-refractivity contribution in [2.24, 2.45) is 28.6 Å². The van der Waals surface area contributed by atoms with Gasteiger partial charge >= 0.3 is 0 Å². The molecular weight excluding hydrogens is 300 g/mol. The molecule has 24 heavy (non-hydrogen) atoms. The second kappa shape index (κ2) is 5.14. The lowest BCUT2D eigenvalue weighted by molar-refractivity contribution is -0.120. The van der Waals surface area contributed by atoms with E-state index in [1.807, 2.05) is 19.1 Å². The molecule has 130 valence electrons. The highest BCUT2D eigenvalue weighted by Gasteiger charge is 2.61. The molecule has 3 nitrogen and oxygen atoms in total. The first-order chi connectivity index (χ1) is 11.3. The molecular formula is C21H28O3. The second-order valence-electron chi connectivity index (χ2n) is 8.90. The maximum Gasteiger partial charge on any atom is 0.159 e. The quantitative estimate of drug-likeness (QED) is 0.691. The Morgan fingerprint density at radius 3 is 2.58 bits per heavy atom. The molecule has 3 saturated carbocycles. The monoisotopic (exact) mass is 328 g/mol. The van der Waals surface area contributed by atoms with E-state index in [0.29, 0.717) is 25.2 Å². The highest BCUT2D eigenvalue weighted by molar-refractivity contribution is 5.99. The van der Waals surface area contributed by atoms with Crippen molar-refractivity contribution in [1.29, 1.82) is 0 Å². The lowest BCUT2D eigenvalue weighted by Gasteiger charge is -2.58. The zero-order chi connectivity index (χ0) is 17.3. The highest BCUT2D eigenvalue weighted by atomic mass is 16.3. The van der Waals surface area contributed by atoms with Gasteiger partial charge in [-0.25, -0.2) is 0 Å².